The van der Waals surface area contributed by atoms with Crippen molar-refractivity contribution in [3.8, 4) is 0 Å². The molecule has 150 valence electrons. The highest BCUT2D eigenvalue weighted by atomic mass is 32.1. The monoisotopic (exact) mass is 405 g/mol. The lowest BCUT2D eigenvalue weighted by Gasteiger charge is -2.26. The maximum Gasteiger partial charge on any atom is 0.266 e. The van der Waals surface area contributed by atoms with Gasteiger partial charge in [-0.2, -0.15) is 0 Å². The van der Waals surface area contributed by atoms with Crippen LogP contribution in [0.4, 0.5) is 4.39 Å². The van der Waals surface area contributed by atoms with Crippen molar-refractivity contribution in [2.75, 3.05) is 26.2 Å². The molecular formula is C20H24FN3O3S. The van der Waals surface area contributed by atoms with Gasteiger partial charge in [0.1, 0.15) is 17.2 Å². The van der Waals surface area contributed by atoms with E-state index in [1.165, 1.54) is 28.5 Å². The zero-order valence-electron chi connectivity index (χ0n) is 16.0. The van der Waals surface area contributed by atoms with E-state index in [-0.39, 0.29) is 37.3 Å². The predicted octanol–water partition coefficient (Wildman–Crippen LogP) is 2.81. The fourth-order valence-corrected chi connectivity index (χ4v) is 3.74. The minimum Gasteiger partial charge on any atom is -0.370 e. The van der Waals surface area contributed by atoms with Crippen LogP contribution in [0.25, 0.3) is 0 Å². The van der Waals surface area contributed by atoms with Gasteiger partial charge in [-0.1, -0.05) is 32.0 Å². The first-order valence-electron chi connectivity index (χ1n) is 9.24. The van der Waals surface area contributed by atoms with Gasteiger partial charge in [-0.3, -0.25) is 14.6 Å². The van der Waals surface area contributed by atoms with Gasteiger partial charge in [0.05, 0.1) is 24.4 Å². The molecule has 3 rings (SSSR count). The van der Waals surface area contributed by atoms with Crippen molar-refractivity contribution in [2.45, 2.75) is 26.6 Å². The van der Waals surface area contributed by atoms with Crippen LogP contribution >= 0.6 is 11.3 Å². The van der Waals surface area contributed by atoms with Crippen molar-refractivity contribution in [3.63, 3.8) is 0 Å². The number of benzene rings is 1. The Kier molecular flexibility index (Phi) is 6.74. The molecule has 0 spiro atoms. The largest absolute Gasteiger partial charge is 0.370 e. The number of ether oxygens (including phenoxy) is 1. The molecule has 8 heteroatoms. The zero-order valence-corrected chi connectivity index (χ0v) is 16.8. The number of hydrogen-bond donors (Lipinski definition) is 0. The number of aromatic nitrogens is 1. The summed E-state index contributed by atoms with van der Waals surface area (Å²) in [5.41, 5.74) is 2.04. The van der Waals surface area contributed by atoms with Crippen LogP contribution in [-0.2, 0) is 16.1 Å². The normalized spacial score (nSPS) is 17.9. The van der Waals surface area contributed by atoms with E-state index in [4.69, 9.17) is 4.74 Å². The molecule has 0 unspecified atom stereocenters. The predicted molar refractivity (Wildman–Crippen MR) is 104 cm³/mol. The molecule has 1 aromatic heterocycles. The van der Waals surface area contributed by atoms with Crippen LogP contribution in [0, 0.1) is 11.7 Å². The second-order valence-corrected chi connectivity index (χ2v) is 8.15. The summed E-state index contributed by atoms with van der Waals surface area (Å²) in [6.45, 7) is 5.39. The SMILES string of the molecule is CC(C)CN1C[C@@H](OCc2ccccc2F)CN(C(=O)c2cncs2)CC1=O. The molecule has 0 saturated carbocycles. The number of nitrogens with zero attached hydrogens (tertiary/aromatic N) is 3. The molecule has 1 saturated heterocycles. The fourth-order valence-electron chi connectivity index (χ4n) is 3.16. The number of hydrogen-bond acceptors (Lipinski definition) is 5. The number of rotatable bonds is 6. The Hall–Kier alpha value is -2.32. The van der Waals surface area contributed by atoms with Gasteiger partial charge < -0.3 is 14.5 Å². The Morgan fingerprint density at radius 2 is 2.14 bits per heavy atom. The first-order chi connectivity index (χ1) is 13.4. The van der Waals surface area contributed by atoms with Crippen molar-refractivity contribution >= 4 is 23.2 Å². The molecular weight excluding hydrogens is 381 g/mol. The Labute approximate surface area is 167 Å². The Balaban J connectivity index is 1.76. The molecule has 6 nitrogen and oxygen atoms in total. The van der Waals surface area contributed by atoms with E-state index >= 15 is 0 Å². The summed E-state index contributed by atoms with van der Waals surface area (Å²) < 4.78 is 19.9. The maximum absolute atomic E-state index is 13.9. The smallest absolute Gasteiger partial charge is 0.266 e. The number of halogens is 1. The van der Waals surface area contributed by atoms with E-state index in [1.54, 1.807) is 28.6 Å². The highest BCUT2D eigenvalue weighted by molar-refractivity contribution is 7.11. The van der Waals surface area contributed by atoms with Gasteiger partial charge in [0, 0.05) is 25.2 Å². The van der Waals surface area contributed by atoms with Crippen LogP contribution in [0.3, 0.4) is 0 Å². The minimum atomic E-state index is -0.401. The third-order valence-electron chi connectivity index (χ3n) is 4.48. The summed E-state index contributed by atoms with van der Waals surface area (Å²) in [5, 5.41) is 0. The van der Waals surface area contributed by atoms with Gasteiger partial charge in [-0.25, -0.2) is 4.39 Å². The van der Waals surface area contributed by atoms with Crippen LogP contribution in [0.2, 0.25) is 0 Å². The van der Waals surface area contributed by atoms with Gasteiger partial charge in [-0.15, -0.1) is 11.3 Å². The van der Waals surface area contributed by atoms with E-state index in [0.29, 0.717) is 29.4 Å². The molecule has 0 bridgehead atoms. The van der Waals surface area contributed by atoms with Crippen LogP contribution in [-0.4, -0.2) is 58.9 Å². The van der Waals surface area contributed by atoms with E-state index in [1.807, 2.05) is 13.8 Å². The summed E-state index contributed by atoms with van der Waals surface area (Å²) in [6.07, 6.45) is 1.10. The molecule has 2 amide bonds. The fraction of sp³-hybridized carbons (Fsp3) is 0.450. The van der Waals surface area contributed by atoms with Crippen molar-refractivity contribution in [2.24, 2.45) is 5.92 Å². The number of carbonyl (C=O) groups excluding carboxylic acids is 2. The Bertz CT molecular complexity index is 813. The lowest BCUT2D eigenvalue weighted by molar-refractivity contribution is -0.132. The molecule has 1 atom stereocenters. The van der Waals surface area contributed by atoms with Gasteiger partial charge >= 0.3 is 0 Å². The molecule has 0 aliphatic carbocycles. The van der Waals surface area contributed by atoms with Gasteiger partial charge in [-0.05, 0) is 12.0 Å². The maximum atomic E-state index is 13.9. The topological polar surface area (TPSA) is 62.7 Å². The van der Waals surface area contributed by atoms with Crippen molar-refractivity contribution in [1.29, 1.82) is 0 Å². The standard InChI is InChI=1S/C20H24FN3O3S/c1-14(2)8-23-9-16(27-12-15-5-3-4-6-17(15)21)10-24(11-19(23)25)20(26)18-7-22-13-28-18/h3-7,13-14,16H,8-12H2,1-2H3/t16-/m1/s1. The zero-order chi connectivity index (χ0) is 20.1. The van der Waals surface area contributed by atoms with Crippen LogP contribution in [0.15, 0.2) is 36.0 Å². The second-order valence-electron chi connectivity index (χ2n) is 7.27. The summed E-state index contributed by atoms with van der Waals surface area (Å²) in [7, 11) is 0. The first kappa shape index (κ1) is 20.4. The van der Waals surface area contributed by atoms with E-state index < -0.39 is 6.10 Å². The summed E-state index contributed by atoms with van der Waals surface area (Å²) >= 11 is 1.24. The summed E-state index contributed by atoms with van der Waals surface area (Å²) in [4.78, 5) is 33.1. The number of thiazole rings is 1. The average Bonchev–Trinajstić information content (AvgIpc) is 3.14. The Morgan fingerprint density at radius 3 is 2.82 bits per heavy atom. The molecule has 1 aliphatic rings. The Morgan fingerprint density at radius 1 is 1.36 bits per heavy atom. The van der Waals surface area contributed by atoms with E-state index in [9.17, 15) is 14.0 Å². The second kappa shape index (κ2) is 9.25. The first-order valence-corrected chi connectivity index (χ1v) is 10.1. The van der Waals surface area contributed by atoms with Crippen molar-refractivity contribution < 1.29 is 18.7 Å². The van der Waals surface area contributed by atoms with Gasteiger partial charge in [0.15, 0.2) is 0 Å². The van der Waals surface area contributed by atoms with E-state index in [0.717, 1.165) is 0 Å². The summed E-state index contributed by atoms with van der Waals surface area (Å²) in [6, 6.07) is 6.44. The molecule has 1 aliphatic heterocycles. The van der Waals surface area contributed by atoms with Gasteiger partial charge in [0.25, 0.3) is 5.91 Å². The average molecular weight is 405 g/mol. The van der Waals surface area contributed by atoms with E-state index in [2.05, 4.69) is 4.98 Å². The lowest BCUT2D eigenvalue weighted by Crippen LogP contribution is -2.40. The third-order valence-corrected chi connectivity index (χ3v) is 5.24. The molecule has 2 aromatic rings. The highest BCUT2D eigenvalue weighted by Crippen LogP contribution is 2.17. The van der Waals surface area contributed by atoms with Crippen LogP contribution in [0.5, 0.6) is 0 Å². The molecule has 28 heavy (non-hydrogen) atoms. The third kappa shape index (κ3) is 5.14. The minimum absolute atomic E-state index is 0.00299. The van der Waals surface area contributed by atoms with Crippen molar-refractivity contribution in [3.05, 3.63) is 52.2 Å². The van der Waals surface area contributed by atoms with Gasteiger partial charge in [0.2, 0.25) is 5.91 Å². The quantitative estimate of drug-likeness (QED) is 0.741. The molecule has 2 heterocycles. The molecule has 0 N–H and O–H groups in total. The molecule has 0 radical (unpaired) electrons. The molecule has 1 aromatic carbocycles. The van der Waals surface area contributed by atoms with Crippen LogP contribution < -0.4 is 0 Å². The number of carbonyl (C=O) groups is 2. The van der Waals surface area contributed by atoms with Crippen molar-refractivity contribution in [1.82, 2.24) is 14.8 Å². The lowest BCUT2D eigenvalue weighted by atomic mass is 10.2. The highest BCUT2D eigenvalue weighted by Gasteiger charge is 2.32. The molecule has 1 fully saturated rings. The van der Waals surface area contributed by atoms with Crippen LogP contribution in [0.1, 0.15) is 29.1 Å². The summed E-state index contributed by atoms with van der Waals surface area (Å²) in [5.74, 6) is -0.381. The number of amides is 2.